The van der Waals surface area contributed by atoms with Crippen molar-refractivity contribution in [3.63, 3.8) is 0 Å². The first-order valence-electron chi connectivity index (χ1n) is 7.92. The second-order valence-corrected chi connectivity index (χ2v) is 8.25. The van der Waals surface area contributed by atoms with E-state index in [9.17, 15) is 13.2 Å². The van der Waals surface area contributed by atoms with Crippen molar-refractivity contribution in [3.05, 3.63) is 35.9 Å². The van der Waals surface area contributed by atoms with Crippen molar-refractivity contribution in [1.29, 1.82) is 0 Å². The summed E-state index contributed by atoms with van der Waals surface area (Å²) in [6.45, 7) is 2.21. The number of likely N-dealkylation sites (tertiary alicyclic amines) is 1. The SMILES string of the molecule is O=C(c1ccccc1)N1CCC[C@H](S(=O)(=O)N2CCCC2)C1. The number of hydrogen-bond acceptors (Lipinski definition) is 3. The summed E-state index contributed by atoms with van der Waals surface area (Å²) in [5.41, 5.74) is 0.627. The van der Waals surface area contributed by atoms with E-state index < -0.39 is 15.3 Å². The minimum absolute atomic E-state index is 0.0677. The summed E-state index contributed by atoms with van der Waals surface area (Å²) < 4.78 is 27.0. The molecule has 5 nitrogen and oxygen atoms in total. The Bertz CT molecular complexity index is 624. The van der Waals surface area contributed by atoms with Gasteiger partial charge in [0.2, 0.25) is 10.0 Å². The summed E-state index contributed by atoms with van der Waals surface area (Å²) in [5, 5.41) is -0.452. The van der Waals surface area contributed by atoms with Gasteiger partial charge in [-0.05, 0) is 37.8 Å². The lowest BCUT2D eigenvalue weighted by molar-refractivity contribution is 0.0726. The Morgan fingerprint density at radius 1 is 1.00 bits per heavy atom. The smallest absolute Gasteiger partial charge is 0.253 e. The zero-order chi connectivity index (χ0) is 15.6. The molecule has 1 atom stereocenters. The fourth-order valence-electron chi connectivity index (χ4n) is 3.28. The fraction of sp³-hybridized carbons (Fsp3) is 0.562. The molecule has 2 aliphatic heterocycles. The van der Waals surface area contributed by atoms with Crippen molar-refractivity contribution in [1.82, 2.24) is 9.21 Å². The fourth-order valence-corrected chi connectivity index (χ4v) is 5.30. The van der Waals surface area contributed by atoms with E-state index in [1.807, 2.05) is 18.2 Å². The van der Waals surface area contributed by atoms with Gasteiger partial charge in [-0.3, -0.25) is 4.79 Å². The molecule has 1 aromatic carbocycles. The van der Waals surface area contributed by atoms with E-state index in [1.54, 1.807) is 21.3 Å². The highest BCUT2D eigenvalue weighted by molar-refractivity contribution is 7.89. The third-order valence-electron chi connectivity index (χ3n) is 4.53. The monoisotopic (exact) mass is 322 g/mol. The van der Waals surface area contributed by atoms with Crippen LogP contribution in [0, 0.1) is 0 Å². The number of piperidine rings is 1. The van der Waals surface area contributed by atoms with Gasteiger partial charge in [0.15, 0.2) is 0 Å². The first-order valence-corrected chi connectivity index (χ1v) is 9.42. The Morgan fingerprint density at radius 2 is 1.68 bits per heavy atom. The van der Waals surface area contributed by atoms with Crippen LogP contribution >= 0.6 is 0 Å². The number of nitrogens with zero attached hydrogens (tertiary/aromatic N) is 2. The predicted octanol–water partition coefficient (Wildman–Crippen LogP) is 1.72. The van der Waals surface area contributed by atoms with Gasteiger partial charge in [-0.2, -0.15) is 0 Å². The van der Waals surface area contributed by atoms with Gasteiger partial charge in [-0.15, -0.1) is 0 Å². The molecule has 120 valence electrons. The van der Waals surface area contributed by atoms with Crippen LogP contribution in [0.15, 0.2) is 30.3 Å². The van der Waals surface area contributed by atoms with E-state index in [1.165, 1.54) is 0 Å². The quantitative estimate of drug-likeness (QED) is 0.851. The Kier molecular flexibility index (Phi) is 4.49. The molecule has 2 saturated heterocycles. The average molecular weight is 322 g/mol. The van der Waals surface area contributed by atoms with Crippen LogP contribution in [0.5, 0.6) is 0 Å². The molecule has 0 aromatic heterocycles. The van der Waals surface area contributed by atoms with Crippen molar-refractivity contribution in [3.8, 4) is 0 Å². The van der Waals surface area contributed by atoms with Crippen molar-refractivity contribution >= 4 is 15.9 Å². The summed E-state index contributed by atoms with van der Waals surface area (Å²) in [4.78, 5) is 14.2. The number of sulfonamides is 1. The van der Waals surface area contributed by atoms with Gasteiger partial charge >= 0.3 is 0 Å². The molecule has 1 aromatic rings. The Hall–Kier alpha value is -1.40. The topological polar surface area (TPSA) is 57.7 Å². The second-order valence-electron chi connectivity index (χ2n) is 6.03. The average Bonchev–Trinajstić information content (AvgIpc) is 3.10. The van der Waals surface area contributed by atoms with Gasteiger partial charge in [-0.1, -0.05) is 18.2 Å². The standard InChI is InChI=1S/C16H22N2O3S/c19-16(14-7-2-1-3-8-14)17-10-6-9-15(13-17)22(20,21)18-11-4-5-12-18/h1-3,7-8,15H,4-6,9-13H2/t15-/m0/s1. The minimum Gasteiger partial charge on any atom is -0.337 e. The molecule has 6 heteroatoms. The lowest BCUT2D eigenvalue weighted by Gasteiger charge is -2.34. The third-order valence-corrected chi connectivity index (χ3v) is 6.84. The van der Waals surface area contributed by atoms with Crippen molar-refractivity contribution in [2.24, 2.45) is 0 Å². The van der Waals surface area contributed by atoms with Crippen LogP contribution < -0.4 is 0 Å². The minimum atomic E-state index is -3.27. The zero-order valence-electron chi connectivity index (χ0n) is 12.6. The van der Waals surface area contributed by atoms with Crippen LogP contribution in [0.25, 0.3) is 0 Å². The molecule has 0 radical (unpaired) electrons. The van der Waals surface area contributed by atoms with Gasteiger partial charge in [0.25, 0.3) is 5.91 Å². The predicted molar refractivity (Wildman–Crippen MR) is 85.1 cm³/mol. The highest BCUT2D eigenvalue weighted by atomic mass is 32.2. The molecule has 2 heterocycles. The molecule has 2 aliphatic rings. The molecular formula is C16H22N2O3S. The molecule has 0 unspecified atom stereocenters. The first kappa shape index (κ1) is 15.5. The maximum Gasteiger partial charge on any atom is 0.253 e. The van der Waals surface area contributed by atoms with E-state index in [2.05, 4.69) is 0 Å². The van der Waals surface area contributed by atoms with E-state index in [0.717, 1.165) is 19.3 Å². The molecular weight excluding hydrogens is 300 g/mol. The maximum atomic E-state index is 12.7. The highest BCUT2D eigenvalue weighted by Gasteiger charge is 2.37. The van der Waals surface area contributed by atoms with E-state index in [4.69, 9.17) is 0 Å². The van der Waals surface area contributed by atoms with Gasteiger partial charge in [0.05, 0.1) is 5.25 Å². The number of benzene rings is 1. The van der Waals surface area contributed by atoms with Crippen LogP contribution in [0.3, 0.4) is 0 Å². The molecule has 22 heavy (non-hydrogen) atoms. The highest BCUT2D eigenvalue weighted by Crippen LogP contribution is 2.24. The number of carbonyl (C=O) groups excluding carboxylic acids is 1. The van der Waals surface area contributed by atoms with Crippen molar-refractivity contribution in [2.45, 2.75) is 30.9 Å². The van der Waals surface area contributed by atoms with Crippen LogP contribution in [0.1, 0.15) is 36.0 Å². The number of amides is 1. The van der Waals surface area contributed by atoms with E-state index >= 15 is 0 Å². The summed E-state index contributed by atoms with van der Waals surface area (Å²) in [6, 6.07) is 9.08. The van der Waals surface area contributed by atoms with E-state index in [-0.39, 0.29) is 5.91 Å². The molecule has 0 spiro atoms. The van der Waals surface area contributed by atoms with Crippen LogP contribution in [0.4, 0.5) is 0 Å². The molecule has 0 aliphatic carbocycles. The number of hydrogen-bond donors (Lipinski definition) is 0. The van der Waals surface area contributed by atoms with Crippen LogP contribution in [-0.2, 0) is 10.0 Å². The second kappa shape index (κ2) is 6.38. The Morgan fingerprint density at radius 3 is 2.36 bits per heavy atom. The van der Waals surface area contributed by atoms with Crippen molar-refractivity contribution in [2.75, 3.05) is 26.2 Å². The number of carbonyl (C=O) groups is 1. The summed E-state index contributed by atoms with van der Waals surface area (Å²) in [5.74, 6) is -0.0677. The summed E-state index contributed by atoms with van der Waals surface area (Å²) >= 11 is 0. The zero-order valence-corrected chi connectivity index (χ0v) is 13.5. The molecule has 2 fully saturated rings. The van der Waals surface area contributed by atoms with Crippen LogP contribution in [0.2, 0.25) is 0 Å². The lowest BCUT2D eigenvalue weighted by Crippen LogP contribution is -2.49. The molecule has 3 rings (SSSR count). The summed E-state index contributed by atoms with van der Waals surface area (Å²) in [6.07, 6.45) is 3.28. The normalized spacial score (nSPS) is 23.6. The van der Waals surface area contributed by atoms with E-state index in [0.29, 0.717) is 38.2 Å². The lowest BCUT2D eigenvalue weighted by atomic mass is 10.1. The number of rotatable bonds is 3. The Balaban J connectivity index is 1.73. The maximum absolute atomic E-state index is 12.7. The molecule has 1 amide bonds. The Labute approximate surface area is 132 Å². The van der Waals surface area contributed by atoms with Gasteiger partial charge in [0.1, 0.15) is 0 Å². The molecule has 0 bridgehead atoms. The molecule has 0 N–H and O–H groups in total. The molecule has 0 saturated carbocycles. The third kappa shape index (κ3) is 3.03. The van der Waals surface area contributed by atoms with Gasteiger partial charge < -0.3 is 4.90 Å². The van der Waals surface area contributed by atoms with Crippen molar-refractivity contribution < 1.29 is 13.2 Å². The first-order chi connectivity index (χ1) is 10.6. The van der Waals surface area contributed by atoms with Gasteiger partial charge in [-0.25, -0.2) is 12.7 Å². The van der Waals surface area contributed by atoms with Crippen LogP contribution in [-0.4, -0.2) is 55.0 Å². The largest absolute Gasteiger partial charge is 0.337 e. The van der Waals surface area contributed by atoms with Gasteiger partial charge in [0, 0.05) is 31.7 Å². The summed E-state index contributed by atoms with van der Waals surface area (Å²) in [7, 11) is -3.27.